The summed E-state index contributed by atoms with van der Waals surface area (Å²) in [6.07, 6.45) is 2.91. The van der Waals surface area contributed by atoms with Crippen LogP contribution in [0.4, 0.5) is 0 Å². The zero-order valence-corrected chi connectivity index (χ0v) is 9.84. The van der Waals surface area contributed by atoms with E-state index in [0.717, 1.165) is 6.42 Å². The maximum atomic E-state index is 6.00. The van der Waals surface area contributed by atoms with Crippen LogP contribution in [0.25, 0.3) is 0 Å². The maximum Gasteiger partial charge on any atom is 0.0794 e. The molecule has 78 valence electrons. The number of aromatic nitrogens is 1. The first-order valence-electron chi connectivity index (χ1n) is 4.88. The van der Waals surface area contributed by atoms with E-state index in [-0.39, 0.29) is 0 Å². The first kappa shape index (κ1) is 10.7. The summed E-state index contributed by atoms with van der Waals surface area (Å²) in [4.78, 5) is 5.37. The lowest BCUT2D eigenvalue weighted by Gasteiger charge is -2.12. The van der Waals surface area contributed by atoms with Gasteiger partial charge in [0, 0.05) is 22.9 Å². The van der Waals surface area contributed by atoms with Gasteiger partial charge in [-0.2, -0.15) is 0 Å². The van der Waals surface area contributed by atoms with Gasteiger partial charge in [-0.1, -0.05) is 30.3 Å². The molecule has 1 aromatic carbocycles. The third kappa shape index (κ3) is 2.80. The Bertz CT molecular complexity index is 385. The van der Waals surface area contributed by atoms with Crippen molar-refractivity contribution in [2.75, 3.05) is 5.88 Å². The molecule has 1 nitrogen and oxygen atoms in total. The summed E-state index contributed by atoms with van der Waals surface area (Å²) < 4.78 is 0. The van der Waals surface area contributed by atoms with Crippen molar-refractivity contribution in [2.45, 2.75) is 12.3 Å². The smallest absolute Gasteiger partial charge is 0.0794 e. The predicted molar refractivity (Wildman–Crippen MR) is 65.7 cm³/mol. The van der Waals surface area contributed by atoms with Crippen LogP contribution >= 0.6 is 22.9 Å². The zero-order valence-electron chi connectivity index (χ0n) is 8.27. The van der Waals surface area contributed by atoms with Crippen LogP contribution in [0.3, 0.4) is 0 Å². The van der Waals surface area contributed by atoms with Gasteiger partial charge in [-0.25, -0.2) is 0 Å². The normalized spacial score (nSPS) is 12.6. The van der Waals surface area contributed by atoms with Crippen molar-refractivity contribution >= 4 is 22.9 Å². The van der Waals surface area contributed by atoms with E-state index >= 15 is 0 Å². The van der Waals surface area contributed by atoms with Crippen molar-refractivity contribution in [1.82, 2.24) is 4.98 Å². The lowest BCUT2D eigenvalue weighted by molar-refractivity contribution is 0.775. The van der Waals surface area contributed by atoms with Gasteiger partial charge in [-0.3, -0.25) is 4.98 Å². The third-order valence-corrected chi connectivity index (χ3v) is 3.56. The van der Waals surface area contributed by atoms with E-state index in [0.29, 0.717) is 11.8 Å². The van der Waals surface area contributed by atoms with E-state index < -0.39 is 0 Å². The number of hydrogen-bond donors (Lipinski definition) is 0. The molecule has 0 spiro atoms. The first-order valence-corrected chi connectivity index (χ1v) is 6.30. The average molecular weight is 238 g/mol. The molecule has 0 saturated heterocycles. The number of alkyl halides is 1. The molecule has 0 fully saturated rings. The topological polar surface area (TPSA) is 12.9 Å². The molecule has 0 saturated carbocycles. The number of halogens is 1. The highest BCUT2D eigenvalue weighted by Crippen LogP contribution is 2.23. The second kappa shape index (κ2) is 5.29. The Balaban J connectivity index is 2.12. The minimum absolute atomic E-state index is 0.397. The van der Waals surface area contributed by atoms with E-state index in [4.69, 9.17) is 11.6 Å². The van der Waals surface area contributed by atoms with Crippen LogP contribution in [0.2, 0.25) is 0 Å². The number of thiazole rings is 1. The molecule has 2 rings (SSSR count). The first-order chi connectivity index (χ1) is 7.40. The van der Waals surface area contributed by atoms with Crippen molar-refractivity contribution in [3.63, 3.8) is 0 Å². The molecule has 0 aliphatic heterocycles. The van der Waals surface area contributed by atoms with Gasteiger partial charge in [0.25, 0.3) is 0 Å². The molecule has 1 aromatic heterocycles. The van der Waals surface area contributed by atoms with E-state index in [9.17, 15) is 0 Å². The largest absolute Gasteiger partial charge is 0.253 e. The fourth-order valence-corrected chi connectivity index (χ4v) is 2.54. The summed E-state index contributed by atoms with van der Waals surface area (Å²) in [5, 5.41) is 0. The SMILES string of the molecule is ClCC(Cc1cncs1)c1ccccc1. The monoisotopic (exact) mass is 237 g/mol. The van der Waals surface area contributed by atoms with Crippen LogP contribution in [0.15, 0.2) is 42.0 Å². The maximum absolute atomic E-state index is 6.00. The van der Waals surface area contributed by atoms with Crippen LogP contribution in [-0.4, -0.2) is 10.9 Å². The molecular formula is C12H12ClNS. The zero-order chi connectivity index (χ0) is 10.5. The standard InChI is InChI=1S/C12H12ClNS/c13-7-11(6-12-8-14-9-15-12)10-4-2-1-3-5-10/h1-5,8-9,11H,6-7H2. The van der Waals surface area contributed by atoms with Crippen molar-refractivity contribution < 1.29 is 0 Å². The molecule has 0 amide bonds. The molecule has 0 aliphatic rings. The fourth-order valence-electron chi connectivity index (χ4n) is 1.57. The van der Waals surface area contributed by atoms with Crippen molar-refractivity contribution in [1.29, 1.82) is 0 Å². The Morgan fingerprint density at radius 3 is 2.67 bits per heavy atom. The Morgan fingerprint density at radius 1 is 1.27 bits per heavy atom. The van der Waals surface area contributed by atoms with Gasteiger partial charge in [0.15, 0.2) is 0 Å². The molecule has 0 radical (unpaired) electrons. The average Bonchev–Trinajstić information content (AvgIpc) is 2.80. The highest BCUT2D eigenvalue weighted by atomic mass is 35.5. The Labute approximate surface area is 98.7 Å². The predicted octanol–water partition coefficient (Wildman–Crippen LogP) is 3.71. The van der Waals surface area contributed by atoms with Gasteiger partial charge < -0.3 is 0 Å². The Morgan fingerprint density at radius 2 is 2.07 bits per heavy atom. The summed E-state index contributed by atoms with van der Waals surface area (Å²) in [5.41, 5.74) is 3.17. The summed E-state index contributed by atoms with van der Waals surface area (Å²) in [7, 11) is 0. The van der Waals surface area contributed by atoms with Crippen LogP contribution in [0, 0.1) is 0 Å². The van der Waals surface area contributed by atoms with Crippen molar-refractivity contribution in [3.05, 3.63) is 52.5 Å². The quantitative estimate of drug-likeness (QED) is 0.739. The second-order valence-electron chi connectivity index (χ2n) is 3.43. The van der Waals surface area contributed by atoms with Gasteiger partial charge in [-0.05, 0) is 12.0 Å². The molecule has 15 heavy (non-hydrogen) atoms. The second-order valence-corrected chi connectivity index (χ2v) is 4.71. The van der Waals surface area contributed by atoms with E-state index in [1.165, 1.54) is 10.4 Å². The lowest BCUT2D eigenvalue weighted by Crippen LogP contribution is -2.03. The highest BCUT2D eigenvalue weighted by molar-refractivity contribution is 7.09. The minimum atomic E-state index is 0.397. The van der Waals surface area contributed by atoms with Gasteiger partial charge in [0.05, 0.1) is 5.51 Å². The summed E-state index contributed by atoms with van der Waals surface area (Å²) in [6, 6.07) is 10.4. The Kier molecular flexibility index (Phi) is 3.75. The van der Waals surface area contributed by atoms with E-state index in [1.807, 2.05) is 17.8 Å². The number of rotatable bonds is 4. The summed E-state index contributed by atoms with van der Waals surface area (Å²) in [6.45, 7) is 0. The molecule has 3 heteroatoms. The van der Waals surface area contributed by atoms with Crippen LogP contribution in [0.5, 0.6) is 0 Å². The number of nitrogens with zero attached hydrogens (tertiary/aromatic N) is 1. The summed E-state index contributed by atoms with van der Waals surface area (Å²) in [5.74, 6) is 1.05. The number of benzene rings is 1. The molecule has 0 bridgehead atoms. The van der Waals surface area contributed by atoms with Gasteiger partial charge in [-0.15, -0.1) is 22.9 Å². The lowest BCUT2D eigenvalue weighted by atomic mass is 9.97. The van der Waals surface area contributed by atoms with Crippen LogP contribution in [0.1, 0.15) is 16.4 Å². The van der Waals surface area contributed by atoms with Crippen molar-refractivity contribution in [2.24, 2.45) is 0 Å². The van der Waals surface area contributed by atoms with Gasteiger partial charge in [0.1, 0.15) is 0 Å². The van der Waals surface area contributed by atoms with E-state index in [2.05, 4.69) is 29.2 Å². The molecule has 1 unspecified atom stereocenters. The molecule has 0 N–H and O–H groups in total. The number of hydrogen-bond acceptors (Lipinski definition) is 2. The molecular weight excluding hydrogens is 226 g/mol. The third-order valence-electron chi connectivity index (χ3n) is 2.39. The van der Waals surface area contributed by atoms with Gasteiger partial charge >= 0.3 is 0 Å². The Hall–Kier alpha value is -0.860. The molecule has 0 aliphatic carbocycles. The van der Waals surface area contributed by atoms with Crippen LogP contribution < -0.4 is 0 Å². The van der Waals surface area contributed by atoms with Crippen LogP contribution in [-0.2, 0) is 6.42 Å². The highest BCUT2D eigenvalue weighted by Gasteiger charge is 2.11. The van der Waals surface area contributed by atoms with Gasteiger partial charge in [0.2, 0.25) is 0 Å². The molecule has 1 atom stereocenters. The molecule has 1 heterocycles. The summed E-state index contributed by atoms with van der Waals surface area (Å²) >= 11 is 7.69. The van der Waals surface area contributed by atoms with Crippen molar-refractivity contribution in [3.8, 4) is 0 Å². The fraction of sp³-hybridized carbons (Fsp3) is 0.250. The minimum Gasteiger partial charge on any atom is -0.253 e. The van der Waals surface area contributed by atoms with E-state index in [1.54, 1.807) is 11.3 Å². The molecule has 2 aromatic rings.